The van der Waals surface area contributed by atoms with Gasteiger partial charge in [0.05, 0.1) is 0 Å². The zero-order chi connectivity index (χ0) is 11.9. The van der Waals surface area contributed by atoms with E-state index in [9.17, 15) is 17.6 Å². The van der Waals surface area contributed by atoms with Gasteiger partial charge in [-0.1, -0.05) is 17.7 Å². The lowest BCUT2D eigenvalue weighted by molar-refractivity contribution is -0.180. The Kier molecular flexibility index (Phi) is 2.58. The topological polar surface area (TPSA) is 9.23 Å². The van der Waals surface area contributed by atoms with Crippen LogP contribution in [0.4, 0.5) is 17.6 Å². The van der Waals surface area contributed by atoms with E-state index in [1.807, 2.05) is 0 Å². The monoisotopic (exact) mass is 252 g/mol. The molecule has 1 atom stereocenters. The SMILES string of the molecule is Fc1cc(Cl)cc2c1O[C@H](C(F)(F)F)C=C2. The maximum Gasteiger partial charge on any atom is 0.429 e. The zero-order valence-corrected chi connectivity index (χ0v) is 8.44. The summed E-state index contributed by atoms with van der Waals surface area (Å²) in [6, 6.07) is 2.25. The third-order valence-electron chi connectivity index (χ3n) is 2.06. The molecule has 0 bridgehead atoms. The van der Waals surface area contributed by atoms with Gasteiger partial charge in [0.1, 0.15) is 0 Å². The van der Waals surface area contributed by atoms with Gasteiger partial charge in [-0.15, -0.1) is 0 Å². The Hall–Kier alpha value is -1.23. The van der Waals surface area contributed by atoms with Crippen molar-refractivity contribution in [3.63, 3.8) is 0 Å². The van der Waals surface area contributed by atoms with E-state index in [-0.39, 0.29) is 10.6 Å². The minimum absolute atomic E-state index is 0.106. The molecule has 1 aromatic rings. The average Bonchev–Trinajstić information content (AvgIpc) is 2.15. The van der Waals surface area contributed by atoms with Crippen LogP contribution < -0.4 is 4.74 Å². The summed E-state index contributed by atoms with van der Waals surface area (Å²) in [4.78, 5) is 0. The molecule has 0 saturated heterocycles. The van der Waals surface area contributed by atoms with E-state index in [4.69, 9.17) is 11.6 Å². The second-order valence-corrected chi connectivity index (χ2v) is 3.68. The Balaban J connectivity index is 2.42. The van der Waals surface area contributed by atoms with Gasteiger partial charge in [-0.05, 0) is 18.2 Å². The number of hydrogen-bond acceptors (Lipinski definition) is 1. The first-order valence-electron chi connectivity index (χ1n) is 4.28. The van der Waals surface area contributed by atoms with Crippen LogP contribution in [0.1, 0.15) is 5.56 Å². The van der Waals surface area contributed by atoms with E-state index >= 15 is 0 Å². The summed E-state index contributed by atoms with van der Waals surface area (Å²) in [5, 5.41) is 0.106. The van der Waals surface area contributed by atoms with Gasteiger partial charge in [0, 0.05) is 10.6 Å². The molecule has 1 heterocycles. The lowest BCUT2D eigenvalue weighted by atomic mass is 10.1. The van der Waals surface area contributed by atoms with Gasteiger partial charge in [0.25, 0.3) is 0 Å². The fourth-order valence-electron chi connectivity index (χ4n) is 1.36. The van der Waals surface area contributed by atoms with E-state index in [1.54, 1.807) is 0 Å². The summed E-state index contributed by atoms with van der Waals surface area (Å²) in [6.07, 6.45) is -4.71. The van der Waals surface area contributed by atoms with Crippen LogP contribution in [0.5, 0.6) is 5.75 Å². The van der Waals surface area contributed by atoms with Crippen LogP contribution in [0, 0.1) is 5.82 Å². The first-order chi connectivity index (χ1) is 7.38. The Labute approximate surface area is 93.3 Å². The van der Waals surface area contributed by atoms with Gasteiger partial charge in [0.2, 0.25) is 6.10 Å². The highest BCUT2D eigenvalue weighted by Gasteiger charge is 2.42. The highest BCUT2D eigenvalue weighted by Crippen LogP contribution is 2.36. The molecular weight excluding hydrogens is 248 g/mol. The molecule has 0 fully saturated rings. The van der Waals surface area contributed by atoms with E-state index in [1.165, 1.54) is 6.07 Å². The maximum atomic E-state index is 13.3. The number of rotatable bonds is 0. The highest BCUT2D eigenvalue weighted by atomic mass is 35.5. The molecule has 0 unspecified atom stereocenters. The van der Waals surface area contributed by atoms with Crippen molar-refractivity contribution in [2.24, 2.45) is 0 Å². The van der Waals surface area contributed by atoms with Crippen molar-refractivity contribution in [3.05, 3.63) is 34.6 Å². The second kappa shape index (κ2) is 3.66. The molecule has 0 aromatic heterocycles. The van der Waals surface area contributed by atoms with Crippen molar-refractivity contribution < 1.29 is 22.3 Å². The molecule has 6 heteroatoms. The van der Waals surface area contributed by atoms with Crippen molar-refractivity contribution in [3.8, 4) is 5.75 Å². The Morgan fingerprint density at radius 1 is 1.25 bits per heavy atom. The number of hydrogen-bond donors (Lipinski definition) is 0. The summed E-state index contributed by atoms with van der Waals surface area (Å²) in [6.45, 7) is 0. The fourth-order valence-corrected chi connectivity index (χ4v) is 1.57. The minimum Gasteiger partial charge on any atom is -0.473 e. The molecule has 86 valence electrons. The summed E-state index contributed by atoms with van der Waals surface area (Å²) < 4.78 is 54.8. The quantitative estimate of drug-likeness (QED) is 0.638. The number of ether oxygens (including phenoxy) is 1. The number of alkyl halides is 3. The molecule has 0 spiro atoms. The lowest BCUT2D eigenvalue weighted by Gasteiger charge is -2.23. The first-order valence-corrected chi connectivity index (χ1v) is 4.66. The molecule has 2 rings (SSSR count). The molecule has 0 radical (unpaired) electrons. The molecule has 0 saturated carbocycles. The third kappa shape index (κ3) is 2.00. The van der Waals surface area contributed by atoms with Crippen molar-refractivity contribution >= 4 is 17.7 Å². The van der Waals surface area contributed by atoms with Gasteiger partial charge >= 0.3 is 6.18 Å². The van der Waals surface area contributed by atoms with Crippen LogP contribution in [-0.2, 0) is 0 Å². The summed E-state index contributed by atoms with van der Waals surface area (Å²) in [5.41, 5.74) is 0.200. The van der Waals surface area contributed by atoms with Gasteiger partial charge < -0.3 is 4.74 Å². The molecular formula is C10H5ClF4O. The normalized spacial score (nSPS) is 19.2. The highest BCUT2D eigenvalue weighted by molar-refractivity contribution is 6.30. The molecule has 1 aliphatic heterocycles. The van der Waals surface area contributed by atoms with E-state index in [0.29, 0.717) is 0 Å². The van der Waals surface area contributed by atoms with Crippen LogP contribution in [0.2, 0.25) is 5.02 Å². The Morgan fingerprint density at radius 2 is 1.94 bits per heavy atom. The minimum atomic E-state index is -4.56. The fraction of sp³-hybridized carbons (Fsp3) is 0.200. The van der Waals surface area contributed by atoms with Crippen LogP contribution in [-0.4, -0.2) is 12.3 Å². The van der Waals surface area contributed by atoms with Gasteiger partial charge in [0.15, 0.2) is 11.6 Å². The van der Waals surface area contributed by atoms with E-state index in [0.717, 1.165) is 18.2 Å². The Bertz CT molecular complexity index is 453. The zero-order valence-electron chi connectivity index (χ0n) is 7.68. The standard InChI is InChI=1S/C10H5ClF4O/c11-6-3-5-1-2-8(10(13,14)15)16-9(5)7(12)4-6/h1-4,8H/t8-/m0/s1. The maximum absolute atomic E-state index is 13.3. The number of benzene rings is 1. The summed E-state index contributed by atoms with van der Waals surface area (Å²) in [5.74, 6) is -1.32. The summed E-state index contributed by atoms with van der Waals surface area (Å²) in [7, 11) is 0. The molecule has 1 aliphatic rings. The molecule has 1 aromatic carbocycles. The van der Waals surface area contributed by atoms with Crippen LogP contribution in [0.15, 0.2) is 18.2 Å². The van der Waals surface area contributed by atoms with Gasteiger partial charge in [-0.25, -0.2) is 4.39 Å². The number of halogens is 5. The predicted octanol–water partition coefficient (Wildman–Crippen LogP) is 3.82. The molecule has 0 aliphatic carbocycles. The van der Waals surface area contributed by atoms with Crippen molar-refractivity contribution in [1.82, 2.24) is 0 Å². The van der Waals surface area contributed by atoms with Crippen molar-refractivity contribution in [2.45, 2.75) is 12.3 Å². The average molecular weight is 253 g/mol. The third-order valence-corrected chi connectivity index (χ3v) is 2.27. The van der Waals surface area contributed by atoms with E-state index < -0.39 is 23.8 Å². The number of fused-ring (bicyclic) bond motifs is 1. The van der Waals surface area contributed by atoms with Gasteiger partial charge in [-0.3, -0.25) is 0 Å². The van der Waals surface area contributed by atoms with Gasteiger partial charge in [-0.2, -0.15) is 13.2 Å². The van der Waals surface area contributed by atoms with Crippen LogP contribution in [0.25, 0.3) is 6.08 Å². The molecule has 16 heavy (non-hydrogen) atoms. The predicted molar refractivity (Wildman–Crippen MR) is 50.9 cm³/mol. The second-order valence-electron chi connectivity index (χ2n) is 3.25. The van der Waals surface area contributed by atoms with Crippen LogP contribution in [0.3, 0.4) is 0 Å². The molecule has 0 N–H and O–H groups in total. The first kappa shape index (κ1) is 11.3. The van der Waals surface area contributed by atoms with E-state index in [2.05, 4.69) is 4.74 Å². The van der Waals surface area contributed by atoms with Crippen molar-refractivity contribution in [2.75, 3.05) is 0 Å². The lowest BCUT2D eigenvalue weighted by Crippen LogP contribution is -2.34. The molecule has 1 nitrogen and oxygen atoms in total. The van der Waals surface area contributed by atoms with Crippen LogP contribution >= 0.6 is 11.6 Å². The molecule has 0 amide bonds. The largest absolute Gasteiger partial charge is 0.473 e. The Morgan fingerprint density at radius 3 is 2.56 bits per heavy atom. The summed E-state index contributed by atoms with van der Waals surface area (Å²) >= 11 is 5.56. The van der Waals surface area contributed by atoms with Crippen molar-refractivity contribution in [1.29, 1.82) is 0 Å². The smallest absolute Gasteiger partial charge is 0.429 e.